The van der Waals surface area contributed by atoms with E-state index >= 15 is 0 Å². The monoisotopic (exact) mass is 229 g/mol. The third-order valence-electron chi connectivity index (χ3n) is 3.43. The number of rotatable bonds is 3. The quantitative estimate of drug-likeness (QED) is 0.811. The van der Waals surface area contributed by atoms with Crippen molar-refractivity contribution < 1.29 is 0 Å². The van der Waals surface area contributed by atoms with E-state index in [2.05, 4.69) is 16.4 Å². The standard InChI is InChI=1S/C14H19N3/c15-11-14(12-7-9-16-10-8-12)17-13-5-3-1-2-4-6-13/h7-10,13-14,17H,1-6H2. The molecule has 1 aromatic heterocycles. The molecule has 1 fully saturated rings. The predicted octanol–water partition coefficient (Wildman–Crippen LogP) is 2.96. The van der Waals surface area contributed by atoms with Crippen molar-refractivity contribution >= 4 is 0 Å². The van der Waals surface area contributed by atoms with Crippen LogP contribution in [0, 0.1) is 11.3 Å². The Bertz CT molecular complexity index is 361. The van der Waals surface area contributed by atoms with Gasteiger partial charge in [0.25, 0.3) is 0 Å². The van der Waals surface area contributed by atoms with E-state index in [1.165, 1.54) is 38.5 Å². The second kappa shape index (κ2) is 6.36. The van der Waals surface area contributed by atoms with Crippen molar-refractivity contribution in [1.29, 1.82) is 5.26 Å². The molecule has 0 aliphatic heterocycles. The van der Waals surface area contributed by atoms with Crippen LogP contribution < -0.4 is 5.32 Å². The molecule has 17 heavy (non-hydrogen) atoms. The Hall–Kier alpha value is -1.40. The van der Waals surface area contributed by atoms with E-state index in [-0.39, 0.29) is 6.04 Å². The molecule has 3 nitrogen and oxygen atoms in total. The van der Waals surface area contributed by atoms with E-state index in [4.69, 9.17) is 0 Å². The molecule has 1 heterocycles. The maximum atomic E-state index is 9.25. The topological polar surface area (TPSA) is 48.7 Å². The van der Waals surface area contributed by atoms with Crippen LogP contribution >= 0.6 is 0 Å². The first-order chi connectivity index (χ1) is 8.40. The molecule has 90 valence electrons. The molecule has 1 atom stereocenters. The summed E-state index contributed by atoms with van der Waals surface area (Å²) in [5, 5.41) is 12.7. The summed E-state index contributed by atoms with van der Waals surface area (Å²) in [6, 6.07) is 6.48. The van der Waals surface area contributed by atoms with Gasteiger partial charge in [0.05, 0.1) is 6.07 Å². The van der Waals surface area contributed by atoms with Crippen molar-refractivity contribution in [3.63, 3.8) is 0 Å². The Labute approximate surface area is 103 Å². The van der Waals surface area contributed by atoms with Gasteiger partial charge in [-0.25, -0.2) is 0 Å². The average Bonchev–Trinajstić information content (AvgIpc) is 2.65. The number of nitrogens with zero attached hydrogens (tertiary/aromatic N) is 2. The Morgan fingerprint density at radius 2 is 1.82 bits per heavy atom. The fraction of sp³-hybridized carbons (Fsp3) is 0.571. The lowest BCUT2D eigenvalue weighted by Gasteiger charge is -2.20. The minimum Gasteiger partial charge on any atom is -0.295 e. The molecular formula is C14H19N3. The first kappa shape index (κ1) is 12.1. The Balaban J connectivity index is 1.98. The third-order valence-corrected chi connectivity index (χ3v) is 3.43. The zero-order valence-corrected chi connectivity index (χ0v) is 10.1. The fourth-order valence-corrected chi connectivity index (χ4v) is 2.45. The van der Waals surface area contributed by atoms with E-state index < -0.39 is 0 Å². The maximum absolute atomic E-state index is 9.25. The van der Waals surface area contributed by atoms with Crippen molar-refractivity contribution in [2.75, 3.05) is 0 Å². The van der Waals surface area contributed by atoms with Crippen LogP contribution in [0.5, 0.6) is 0 Å². The molecule has 0 spiro atoms. The van der Waals surface area contributed by atoms with Crippen LogP contribution in [0.4, 0.5) is 0 Å². The highest BCUT2D eigenvalue weighted by atomic mass is 14.9. The second-order valence-electron chi connectivity index (χ2n) is 4.70. The van der Waals surface area contributed by atoms with E-state index in [0.717, 1.165) is 5.56 Å². The number of hydrogen-bond acceptors (Lipinski definition) is 3. The minimum atomic E-state index is -0.193. The second-order valence-corrected chi connectivity index (χ2v) is 4.70. The van der Waals surface area contributed by atoms with E-state index in [9.17, 15) is 5.26 Å². The lowest BCUT2D eigenvalue weighted by atomic mass is 10.0. The van der Waals surface area contributed by atoms with Gasteiger partial charge in [-0.2, -0.15) is 5.26 Å². The summed E-state index contributed by atoms with van der Waals surface area (Å²) in [7, 11) is 0. The molecule has 0 radical (unpaired) electrons. The van der Waals surface area contributed by atoms with Gasteiger partial charge in [0.15, 0.2) is 0 Å². The number of hydrogen-bond donors (Lipinski definition) is 1. The molecule has 1 saturated carbocycles. The van der Waals surface area contributed by atoms with Crippen molar-refractivity contribution in [2.24, 2.45) is 0 Å². The Kier molecular flexibility index (Phi) is 4.52. The van der Waals surface area contributed by atoms with Crippen molar-refractivity contribution in [3.8, 4) is 6.07 Å². The summed E-state index contributed by atoms with van der Waals surface area (Å²) < 4.78 is 0. The summed E-state index contributed by atoms with van der Waals surface area (Å²) in [4.78, 5) is 3.99. The van der Waals surface area contributed by atoms with Crippen molar-refractivity contribution in [3.05, 3.63) is 30.1 Å². The van der Waals surface area contributed by atoms with Gasteiger partial charge < -0.3 is 0 Å². The first-order valence-corrected chi connectivity index (χ1v) is 6.46. The van der Waals surface area contributed by atoms with Crippen LogP contribution in [0.3, 0.4) is 0 Å². The third kappa shape index (κ3) is 3.54. The molecule has 1 aliphatic rings. The zero-order chi connectivity index (χ0) is 11.9. The van der Waals surface area contributed by atoms with Gasteiger partial charge in [0.1, 0.15) is 6.04 Å². The zero-order valence-electron chi connectivity index (χ0n) is 10.1. The molecule has 0 aromatic carbocycles. The van der Waals surface area contributed by atoms with Crippen LogP contribution in [-0.2, 0) is 0 Å². The molecule has 1 aliphatic carbocycles. The van der Waals surface area contributed by atoms with Gasteiger partial charge in [-0.1, -0.05) is 25.7 Å². The summed E-state index contributed by atoms with van der Waals surface area (Å²) in [6.45, 7) is 0. The molecule has 1 aromatic rings. The van der Waals surface area contributed by atoms with E-state index in [0.29, 0.717) is 6.04 Å². The van der Waals surface area contributed by atoms with Crippen LogP contribution in [0.25, 0.3) is 0 Å². The highest BCUT2D eigenvalue weighted by Crippen LogP contribution is 2.20. The van der Waals surface area contributed by atoms with Crippen LogP contribution in [0.15, 0.2) is 24.5 Å². The highest BCUT2D eigenvalue weighted by Gasteiger charge is 2.17. The van der Waals surface area contributed by atoms with Gasteiger partial charge in [0.2, 0.25) is 0 Å². The number of nitriles is 1. The Morgan fingerprint density at radius 1 is 1.18 bits per heavy atom. The number of nitrogens with one attached hydrogen (secondary N) is 1. The number of pyridine rings is 1. The van der Waals surface area contributed by atoms with Crippen molar-refractivity contribution in [1.82, 2.24) is 10.3 Å². The highest BCUT2D eigenvalue weighted by molar-refractivity contribution is 5.21. The van der Waals surface area contributed by atoms with E-state index in [1.807, 2.05) is 12.1 Å². The molecule has 0 saturated heterocycles. The Morgan fingerprint density at radius 3 is 2.41 bits per heavy atom. The molecule has 0 amide bonds. The van der Waals surface area contributed by atoms with Crippen LogP contribution in [-0.4, -0.2) is 11.0 Å². The molecule has 0 bridgehead atoms. The lowest BCUT2D eigenvalue weighted by Crippen LogP contribution is -2.31. The van der Waals surface area contributed by atoms with Gasteiger partial charge in [-0.15, -0.1) is 0 Å². The first-order valence-electron chi connectivity index (χ1n) is 6.46. The van der Waals surface area contributed by atoms with Crippen LogP contribution in [0.2, 0.25) is 0 Å². The van der Waals surface area contributed by atoms with Gasteiger partial charge >= 0.3 is 0 Å². The van der Waals surface area contributed by atoms with Gasteiger partial charge in [-0.3, -0.25) is 10.3 Å². The molecule has 3 heteroatoms. The molecular weight excluding hydrogens is 210 g/mol. The smallest absolute Gasteiger partial charge is 0.121 e. The normalized spacial score (nSPS) is 19.2. The largest absolute Gasteiger partial charge is 0.295 e. The number of aromatic nitrogens is 1. The minimum absolute atomic E-state index is 0.193. The average molecular weight is 229 g/mol. The molecule has 1 unspecified atom stereocenters. The van der Waals surface area contributed by atoms with Gasteiger partial charge in [0, 0.05) is 18.4 Å². The van der Waals surface area contributed by atoms with Crippen molar-refractivity contribution in [2.45, 2.75) is 50.6 Å². The summed E-state index contributed by atoms with van der Waals surface area (Å²) >= 11 is 0. The summed E-state index contributed by atoms with van der Waals surface area (Å²) in [5.74, 6) is 0. The maximum Gasteiger partial charge on any atom is 0.121 e. The summed E-state index contributed by atoms with van der Waals surface area (Å²) in [5.41, 5.74) is 1.02. The molecule has 2 rings (SSSR count). The summed E-state index contributed by atoms with van der Waals surface area (Å²) in [6.07, 6.45) is 11.1. The molecule has 1 N–H and O–H groups in total. The van der Waals surface area contributed by atoms with E-state index in [1.54, 1.807) is 12.4 Å². The fourth-order valence-electron chi connectivity index (χ4n) is 2.45. The SMILES string of the molecule is N#CC(NC1CCCCCC1)c1ccncc1. The van der Waals surface area contributed by atoms with Crippen LogP contribution in [0.1, 0.15) is 50.1 Å². The predicted molar refractivity (Wildman–Crippen MR) is 67.2 cm³/mol. The van der Waals surface area contributed by atoms with Gasteiger partial charge in [-0.05, 0) is 30.5 Å². The lowest BCUT2D eigenvalue weighted by molar-refractivity contribution is 0.436.